The van der Waals surface area contributed by atoms with Crippen molar-refractivity contribution in [3.05, 3.63) is 10.4 Å². The zero-order valence-corrected chi connectivity index (χ0v) is 23.7. The first-order valence-electron chi connectivity index (χ1n) is 9.32. The molecule has 0 aliphatic carbocycles. The van der Waals surface area contributed by atoms with E-state index >= 15 is 0 Å². The van der Waals surface area contributed by atoms with Gasteiger partial charge in [0.15, 0.2) is 0 Å². The third kappa shape index (κ3) is 13.8. The molecule has 0 aromatic rings. The summed E-state index contributed by atoms with van der Waals surface area (Å²) < 4.78 is 55.2. The second kappa shape index (κ2) is 15.2. The summed E-state index contributed by atoms with van der Waals surface area (Å²) in [6.07, 6.45) is 0.525. The van der Waals surface area contributed by atoms with Gasteiger partial charge in [-0.25, -0.2) is 16.8 Å². The minimum absolute atomic E-state index is 0. The van der Waals surface area contributed by atoms with Crippen LogP contribution < -0.4 is 42.0 Å². The Hall–Kier alpha value is -0.930. The van der Waals surface area contributed by atoms with Gasteiger partial charge in [-0.2, -0.15) is 0 Å². The number of cyclic esters (lactones) is 4. The quantitative estimate of drug-likeness (QED) is 0.0490. The standard InChI is InChI=1S/C8H11ClO5S.C8H11N3O5S.ClH.Na/c1-5(4-15(9,12)13)2-6-3-7(10)14-8(6)11;1-5(4-17(14,15)11-10-9)2-6-3-7(12)16-8(6)13;;/h5-6H,2-4H2,1H3;5-6H,2-4H2,1H3;1H;/q;;;+1/p-1. The molecule has 2 rings (SSSR count). The van der Waals surface area contributed by atoms with Gasteiger partial charge in [0.05, 0.1) is 36.2 Å². The number of hydrogen-bond acceptors (Lipinski definition) is 10. The first-order valence-corrected chi connectivity index (χ1v) is 13.4. The normalized spacial score (nSPS) is 21.5. The molecule has 0 saturated carbocycles. The van der Waals surface area contributed by atoms with E-state index in [4.69, 9.17) is 16.2 Å². The summed E-state index contributed by atoms with van der Waals surface area (Å²) in [5, 5.41) is 0. The molecule has 0 radical (unpaired) electrons. The summed E-state index contributed by atoms with van der Waals surface area (Å²) in [6.45, 7) is 3.26. The minimum Gasteiger partial charge on any atom is -1.00 e. The molecule has 2 saturated heterocycles. The molecule has 0 N–H and O–H groups in total. The summed E-state index contributed by atoms with van der Waals surface area (Å²) in [4.78, 5) is 46.0. The second-order valence-corrected chi connectivity index (χ2v) is 12.2. The zero-order chi connectivity index (χ0) is 24.7. The molecule has 0 spiro atoms. The van der Waals surface area contributed by atoms with Crippen molar-refractivity contribution in [1.82, 2.24) is 0 Å². The maximum Gasteiger partial charge on any atom is 1.00 e. The molecular weight excluding hydrogens is 552 g/mol. The van der Waals surface area contributed by atoms with Crippen LogP contribution in [0.5, 0.6) is 0 Å². The molecular formula is C16H22Cl2N3NaO10S2. The van der Waals surface area contributed by atoms with Crippen LogP contribution in [-0.2, 0) is 47.7 Å². The van der Waals surface area contributed by atoms with Crippen molar-refractivity contribution in [2.24, 2.45) is 28.2 Å². The molecule has 188 valence electrons. The van der Waals surface area contributed by atoms with E-state index in [0.717, 1.165) is 0 Å². The Morgan fingerprint density at radius 2 is 1.32 bits per heavy atom. The molecule has 4 unspecified atom stereocenters. The Labute approximate surface area is 229 Å². The van der Waals surface area contributed by atoms with Crippen LogP contribution in [0.1, 0.15) is 39.5 Å². The Kier molecular flexibility index (Phi) is 15.8. The molecule has 13 nitrogen and oxygen atoms in total. The van der Waals surface area contributed by atoms with Crippen molar-refractivity contribution in [3.63, 3.8) is 0 Å². The van der Waals surface area contributed by atoms with E-state index in [-0.39, 0.29) is 78.7 Å². The Morgan fingerprint density at radius 3 is 1.62 bits per heavy atom. The van der Waals surface area contributed by atoms with E-state index in [1.807, 2.05) is 0 Å². The minimum atomic E-state index is -3.83. The van der Waals surface area contributed by atoms with E-state index in [1.165, 1.54) is 0 Å². The fourth-order valence-electron chi connectivity index (χ4n) is 3.30. The van der Waals surface area contributed by atoms with Crippen molar-refractivity contribution >= 4 is 53.6 Å². The van der Waals surface area contributed by atoms with Crippen LogP contribution in [0.3, 0.4) is 0 Å². The number of esters is 4. The van der Waals surface area contributed by atoms with Crippen LogP contribution in [-0.4, -0.2) is 52.2 Å². The second-order valence-electron chi connectivity index (χ2n) is 7.70. The van der Waals surface area contributed by atoms with Gasteiger partial charge in [-0.05, 0) is 30.2 Å². The molecule has 0 bridgehead atoms. The van der Waals surface area contributed by atoms with Crippen LogP contribution in [0.2, 0.25) is 0 Å². The van der Waals surface area contributed by atoms with Crippen LogP contribution in [0.25, 0.3) is 10.4 Å². The summed E-state index contributed by atoms with van der Waals surface area (Å²) in [7, 11) is -2.33. The van der Waals surface area contributed by atoms with Gasteiger partial charge in [-0.15, -0.1) is 0 Å². The Balaban J connectivity index is 0. The van der Waals surface area contributed by atoms with Gasteiger partial charge in [0.2, 0.25) is 19.1 Å². The third-order valence-corrected chi connectivity index (χ3v) is 7.09. The topological polar surface area (TPSA) is 204 Å². The maximum atomic E-state index is 11.2. The summed E-state index contributed by atoms with van der Waals surface area (Å²) >= 11 is 0. The van der Waals surface area contributed by atoms with Crippen molar-refractivity contribution in [2.75, 3.05) is 11.5 Å². The number of carbonyl (C=O) groups is 4. The SMILES string of the molecule is CC(CC1CC(=O)OC1=O)CS(=O)(=O)Cl.CC(CC1CC(=O)OC1=O)CS(=O)(=O)N=[N+]=[N-].[Cl-].[Na+]. The van der Waals surface area contributed by atoms with Gasteiger partial charge in [0.1, 0.15) is 0 Å². The first-order chi connectivity index (χ1) is 14.6. The Bertz CT molecular complexity index is 1030. The predicted octanol–water partition coefficient (Wildman–Crippen LogP) is -4.58. The van der Waals surface area contributed by atoms with E-state index in [2.05, 4.69) is 18.9 Å². The fourth-order valence-corrected chi connectivity index (χ4v) is 5.79. The molecule has 0 aromatic carbocycles. The number of sulfonamides is 1. The fraction of sp³-hybridized carbons (Fsp3) is 0.750. The monoisotopic (exact) mass is 573 g/mol. The number of ether oxygens (including phenoxy) is 2. The molecule has 0 aromatic heterocycles. The number of rotatable bonds is 9. The van der Waals surface area contributed by atoms with Crippen molar-refractivity contribution in [2.45, 2.75) is 39.5 Å². The van der Waals surface area contributed by atoms with Crippen molar-refractivity contribution < 1.29 is 87.5 Å². The molecule has 0 amide bonds. The van der Waals surface area contributed by atoms with Crippen LogP contribution in [0, 0.1) is 23.7 Å². The number of carbonyl (C=O) groups excluding carboxylic acids is 4. The van der Waals surface area contributed by atoms with Gasteiger partial charge >= 0.3 is 53.4 Å². The van der Waals surface area contributed by atoms with Crippen LogP contribution in [0.15, 0.2) is 4.52 Å². The van der Waals surface area contributed by atoms with E-state index < -0.39 is 60.7 Å². The average Bonchev–Trinajstić information content (AvgIpc) is 3.05. The maximum absolute atomic E-state index is 11.2. The van der Waals surface area contributed by atoms with Crippen molar-refractivity contribution in [1.29, 1.82) is 0 Å². The summed E-state index contributed by atoms with van der Waals surface area (Å²) in [6, 6.07) is 0. The van der Waals surface area contributed by atoms with E-state index in [1.54, 1.807) is 13.8 Å². The van der Waals surface area contributed by atoms with Gasteiger partial charge in [-0.3, -0.25) is 19.2 Å². The number of halogens is 2. The number of nitrogens with zero attached hydrogens (tertiary/aromatic N) is 3. The van der Waals surface area contributed by atoms with Gasteiger partial charge in [0.25, 0.3) is 0 Å². The van der Waals surface area contributed by atoms with Gasteiger partial charge in [-0.1, -0.05) is 13.8 Å². The van der Waals surface area contributed by atoms with Gasteiger partial charge < -0.3 is 21.9 Å². The third-order valence-electron chi connectivity index (χ3n) is 4.44. The molecule has 2 aliphatic heterocycles. The summed E-state index contributed by atoms with van der Waals surface area (Å²) in [5.74, 6) is -4.67. The van der Waals surface area contributed by atoms with Gasteiger partial charge in [0, 0.05) is 20.1 Å². The average molecular weight is 574 g/mol. The first kappa shape index (κ1) is 35.2. The summed E-state index contributed by atoms with van der Waals surface area (Å²) in [5.41, 5.74) is 8.04. The molecule has 4 atom stereocenters. The smallest absolute Gasteiger partial charge is 1.00 e. The number of azide groups is 1. The molecule has 2 heterocycles. The van der Waals surface area contributed by atoms with E-state index in [0.29, 0.717) is 6.42 Å². The molecule has 18 heteroatoms. The van der Waals surface area contributed by atoms with Crippen LogP contribution in [0.4, 0.5) is 0 Å². The Morgan fingerprint density at radius 1 is 0.941 bits per heavy atom. The molecule has 34 heavy (non-hydrogen) atoms. The predicted molar refractivity (Wildman–Crippen MR) is 109 cm³/mol. The number of hydrogen-bond donors (Lipinski definition) is 0. The van der Waals surface area contributed by atoms with E-state index in [9.17, 15) is 36.0 Å². The largest absolute Gasteiger partial charge is 1.00 e. The van der Waals surface area contributed by atoms with Crippen LogP contribution >= 0.6 is 10.7 Å². The molecule has 2 fully saturated rings. The molecule has 2 aliphatic rings. The van der Waals surface area contributed by atoms with Crippen molar-refractivity contribution in [3.8, 4) is 0 Å². The zero-order valence-electron chi connectivity index (χ0n) is 18.5.